The van der Waals surface area contributed by atoms with Crippen molar-refractivity contribution in [2.24, 2.45) is 5.92 Å². The van der Waals surface area contributed by atoms with Gasteiger partial charge in [-0.25, -0.2) is 0 Å². The predicted octanol–water partition coefficient (Wildman–Crippen LogP) is 0.853. The molecule has 0 bridgehead atoms. The fraction of sp³-hybridized carbons (Fsp3) is 0.538. The maximum absolute atomic E-state index is 11.4. The third kappa shape index (κ3) is 3.43. The Morgan fingerprint density at radius 3 is 3.22 bits per heavy atom. The molecule has 98 valence electrons. The number of carbonyl (C=O) groups excluding carboxylic acids is 1. The number of hydrogen-bond acceptors (Lipinski definition) is 4. The summed E-state index contributed by atoms with van der Waals surface area (Å²) >= 11 is 0. The SMILES string of the molecule is CNC(=O)c1cc(NCCC2CCNC2)ccn1. The maximum atomic E-state index is 11.4. The number of pyridine rings is 1. The number of carbonyl (C=O) groups is 1. The second kappa shape index (κ2) is 6.35. The summed E-state index contributed by atoms with van der Waals surface area (Å²) in [5, 5.41) is 9.28. The summed E-state index contributed by atoms with van der Waals surface area (Å²) in [5.41, 5.74) is 1.40. The Morgan fingerprint density at radius 1 is 1.61 bits per heavy atom. The number of nitrogens with one attached hydrogen (secondary N) is 3. The van der Waals surface area contributed by atoms with Gasteiger partial charge in [-0.15, -0.1) is 0 Å². The zero-order valence-corrected chi connectivity index (χ0v) is 10.7. The Hall–Kier alpha value is -1.62. The first-order valence-corrected chi connectivity index (χ1v) is 6.42. The number of amides is 1. The van der Waals surface area contributed by atoms with E-state index in [1.165, 1.54) is 6.42 Å². The number of hydrogen-bond donors (Lipinski definition) is 3. The first kappa shape index (κ1) is 12.8. The average Bonchev–Trinajstić information content (AvgIpc) is 2.91. The van der Waals surface area contributed by atoms with Crippen LogP contribution in [0, 0.1) is 5.92 Å². The van der Waals surface area contributed by atoms with Crippen molar-refractivity contribution in [3.05, 3.63) is 24.0 Å². The van der Waals surface area contributed by atoms with Gasteiger partial charge in [-0.3, -0.25) is 9.78 Å². The molecule has 0 aromatic carbocycles. The van der Waals surface area contributed by atoms with Crippen molar-refractivity contribution >= 4 is 11.6 Å². The summed E-state index contributed by atoms with van der Waals surface area (Å²) < 4.78 is 0. The topological polar surface area (TPSA) is 66.1 Å². The molecule has 1 amide bonds. The zero-order valence-electron chi connectivity index (χ0n) is 10.7. The first-order chi connectivity index (χ1) is 8.79. The van der Waals surface area contributed by atoms with Crippen LogP contribution in [0.4, 0.5) is 5.69 Å². The van der Waals surface area contributed by atoms with Crippen LogP contribution in [0.3, 0.4) is 0 Å². The van der Waals surface area contributed by atoms with Crippen LogP contribution in [0.15, 0.2) is 18.3 Å². The molecule has 2 rings (SSSR count). The zero-order chi connectivity index (χ0) is 12.8. The Morgan fingerprint density at radius 2 is 2.50 bits per heavy atom. The second-order valence-electron chi connectivity index (χ2n) is 4.58. The molecular formula is C13H20N4O. The van der Waals surface area contributed by atoms with E-state index in [4.69, 9.17) is 0 Å². The van der Waals surface area contributed by atoms with E-state index in [2.05, 4.69) is 20.9 Å². The van der Waals surface area contributed by atoms with Gasteiger partial charge in [-0.05, 0) is 44.0 Å². The minimum atomic E-state index is -0.154. The van der Waals surface area contributed by atoms with Gasteiger partial charge >= 0.3 is 0 Å². The Balaban J connectivity index is 1.83. The molecule has 1 aliphatic heterocycles. The Kier molecular flexibility index (Phi) is 4.52. The van der Waals surface area contributed by atoms with Crippen LogP contribution in [-0.2, 0) is 0 Å². The third-order valence-corrected chi connectivity index (χ3v) is 3.26. The van der Waals surface area contributed by atoms with E-state index >= 15 is 0 Å². The summed E-state index contributed by atoms with van der Waals surface area (Å²) in [6.45, 7) is 3.20. The van der Waals surface area contributed by atoms with Crippen LogP contribution in [0.25, 0.3) is 0 Å². The van der Waals surface area contributed by atoms with E-state index in [-0.39, 0.29) is 5.91 Å². The minimum absolute atomic E-state index is 0.154. The summed E-state index contributed by atoms with van der Waals surface area (Å²) in [7, 11) is 1.61. The van der Waals surface area contributed by atoms with Crippen LogP contribution in [0.1, 0.15) is 23.3 Å². The van der Waals surface area contributed by atoms with Crippen molar-refractivity contribution in [1.82, 2.24) is 15.6 Å². The van der Waals surface area contributed by atoms with Crippen LogP contribution in [0.5, 0.6) is 0 Å². The highest BCUT2D eigenvalue weighted by molar-refractivity contribution is 5.92. The molecule has 1 aromatic heterocycles. The standard InChI is InChI=1S/C13H20N4O/c1-14-13(18)12-8-11(4-7-17-12)16-6-3-10-2-5-15-9-10/h4,7-8,10,15H,2-3,5-6,9H2,1H3,(H,14,18)(H,16,17). The van der Waals surface area contributed by atoms with Gasteiger partial charge in [0.05, 0.1) is 0 Å². The molecule has 1 aliphatic rings. The average molecular weight is 248 g/mol. The van der Waals surface area contributed by atoms with Gasteiger partial charge in [0, 0.05) is 25.5 Å². The molecule has 1 fully saturated rings. The molecule has 1 atom stereocenters. The molecule has 1 unspecified atom stereocenters. The monoisotopic (exact) mass is 248 g/mol. The minimum Gasteiger partial charge on any atom is -0.385 e. The Bertz CT molecular complexity index is 402. The number of anilines is 1. The van der Waals surface area contributed by atoms with Gasteiger partial charge in [0.25, 0.3) is 5.91 Å². The van der Waals surface area contributed by atoms with E-state index in [0.717, 1.165) is 37.7 Å². The van der Waals surface area contributed by atoms with Gasteiger partial charge in [-0.1, -0.05) is 0 Å². The molecule has 2 heterocycles. The molecule has 1 aromatic rings. The lowest BCUT2D eigenvalue weighted by Crippen LogP contribution is -2.19. The molecule has 3 N–H and O–H groups in total. The molecule has 5 nitrogen and oxygen atoms in total. The highest BCUT2D eigenvalue weighted by Gasteiger charge is 2.13. The van der Waals surface area contributed by atoms with Crippen molar-refractivity contribution in [2.45, 2.75) is 12.8 Å². The van der Waals surface area contributed by atoms with Crippen molar-refractivity contribution in [1.29, 1.82) is 0 Å². The molecule has 0 saturated carbocycles. The first-order valence-electron chi connectivity index (χ1n) is 6.42. The second-order valence-corrected chi connectivity index (χ2v) is 4.58. The number of nitrogens with zero attached hydrogens (tertiary/aromatic N) is 1. The largest absolute Gasteiger partial charge is 0.385 e. The lowest BCUT2D eigenvalue weighted by molar-refractivity contribution is 0.0958. The molecule has 0 spiro atoms. The fourth-order valence-electron chi connectivity index (χ4n) is 2.17. The van der Waals surface area contributed by atoms with Crippen LogP contribution in [-0.4, -0.2) is 37.6 Å². The van der Waals surface area contributed by atoms with Crippen LogP contribution < -0.4 is 16.0 Å². The van der Waals surface area contributed by atoms with Crippen molar-refractivity contribution in [3.63, 3.8) is 0 Å². The molecule has 5 heteroatoms. The van der Waals surface area contributed by atoms with Gasteiger partial charge < -0.3 is 16.0 Å². The van der Waals surface area contributed by atoms with Gasteiger partial charge in [0.2, 0.25) is 0 Å². The maximum Gasteiger partial charge on any atom is 0.269 e. The fourth-order valence-corrected chi connectivity index (χ4v) is 2.17. The molecule has 18 heavy (non-hydrogen) atoms. The van der Waals surface area contributed by atoms with Crippen molar-refractivity contribution < 1.29 is 4.79 Å². The van der Waals surface area contributed by atoms with E-state index in [1.807, 2.05) is 6.07 Å². The lowest BCUT2D eigenvalue weighted by atomic mass is 10.1. The lowest BCUT2D eigenvalue weighted by Gasteiger charge is -2.10. The molecular weight excluding hydrogens is 228 g/mol. The van der Waals surface area contributed by atoms with Gasteiger partial charge in [0.15, 0.2) is 0 Å². The van der Waals surface area contributed by atoms with Gasteiger partial charge in [-0.2, -0.15) is 0 Å². The van der Waals surface area contributed by atoms with Crippen LogP contribution >= 0.6 is 0 Å². The van der Waals surface area contributed by atoms with Crippen molar-refractivity contribution in [3.8, 4) is 0 Å². The van der Waals surface area contributed by atoms with Crippen LogP contribution in [0.2, 0.25) is 0 Å². The smallest absolute Gasteiger partial charge is 0.269 e. The van der Waals surface area contributed by atoms with E-state index in [0.29, 0.717) is 5.69 Å². The van der Waals surface area contributed by atoms with E-state index in [1.54, 1.807) is 19.3 Å². The molecule has 0 aliphatic carbocycles. The summed E-state index contributed by atoms with van der Waals surface area (Å²) in [4.78, 5) is 15.5. The third-order valence-electron chi connectivity index (χ3n) is 3.26. The number of rotatable bonds is 5. The highest BCUT2D eigenvalue weighted by Crippen LogP contribution is 2.13. The normalized spacial score (nSPS) is 18.6. The summed E-state index contributed by atoms with van der Waals surface area (Å²) in [5.74, 6) is 0.622. The summed E-state index contributed by atoms with van der Waals surface area (Å²) in [6.07, 6.45) is 4.08. The van der Waals surface area contributed by atoms with E-state index in [9.17, 15) is 4.79 Å². The van der Waals surface area contributed by atoms with Gasteiger partial charge in [0.1, 0.15) is 5.69 Å². The predicted molar refractivity (Wildman–Crippen MR) is 71.7 cm³/mol. The number of aromatic nitrogens is 1. The van der Waals surface area contributed by atoms with Crippen molar-refractivity contribution in [2.75, 3.05) is 32.0 Å². The molecule has 1 saturated heterocycles. The summed E-state index contributed by atoms with van der Waals surface area (Å²) in [6, 6.07) is 3.67. The van der Waals surface area contributed by atoms with E-state index < -0.39 is 0 Å². The Labute approximate surface area is 107 Å². The molecule has 0 radical (unpaired) electrons. The highest BCUT2D eigenvalue weighted by atomic mass is 16.1. The quantitative estimate of drug-likeness (QED) is 0.723.